The average molecular weight is 297 g/mol. The lowest BCUT2D eigenvalue weighted by atomic mass is 9.78. The zero-order valence-electron chi connectivity index (χ0n) is 13.1. The number of hydrogen-bond acceptors (Lipinski definition) is 3. The van der Waals surface area contributed by atoms with Crippen LogP contribution < -0.4 is 4.90 Å². The maximum Gasteiger partial charge on any atom is 0.238 e. The summed E-state index contributed by atoms with van der Waals surface area (Å²) in [6.45, 7) is 5.56. The van der Waals surface area contributed by atoms with E-state index in [4.69, 9.17) is 0 Å². The van der Waals surface area contributed by atoms with Crippen LogP contribution in [0.1, 0.15) is 44.0 Å². The van der Waals surface area contributed by atoms with Crippen LogP contribution in [-0.4, -0.2) is 17.6 Å². The van der Waals surface area contributed by atoms with Gasteiger partial charge in [-0.2, -0.15) is 0 Å². The van der Waals surface area contributed by atoms with Gasteiger partial charge in [-0.3, -0.25) is 19.3 Å². The van der Waals surface area contributed by atoms with Crippen molar-refractivity contribution in [1.29, 1.82) is 0 Å². The maximum atomic E-state index is 12.6. The molecule has 0 radical (unpaired) electrons. The van der Waals surface area contributed by atoms with Crippen LogP contribution in [0.5, 0.6) is 0 Å². The van der Waals surface area contributed by atoms with Crippen LogP contribution in [-0.2, 0) is 9.59 Å². The topological polar surface area (TPSA) is 54.5 Å². The zero-order valence-corrected chi connectivity index (χ0v) is 13.1. The van der Waals surface area contributed by atoms with E-state index in [1.165, 1.54) is 23.0 Å². The summed E-state index contributed by atoms with van der Waals surface area (Å²) in [5.74, 6) is -0.725. The van der Waals surface area contributed by atoms with Crippen molar-refractivity contribution < 1.29 is 14.4 Å². The highest BCUT2D eigenvalue weighted by Gasteiger charge is 2.49. The molecule has 0 bridgehead atoms. The molecule has 1 aromatic carbocycles. The van der Waals surface area contributed by atoms with Crippen LogP contribution in [0.2, 0.25) is 0 Å². The number of imide groups is 1. The van der Waals surface area contributed by atoms with Gasteiger partial charge in [0.15, 0.2) is 5.78 Å². The minimum absolute atomic E-state index is 0.0326. The van der Waals surface area contributed by atoms with Gasteiger partial charge in [0.1, 0.15) is 0 Å². The summed E-state index contributed by atoms with van der Waals surface area (Å²) in [7, 11) is 0. The van der Waals surface area contributed by atoms with Gasteiger partial charge in [-0.1, -0.05) is 11.1 Å². The van der Waals surface area contributed by atoms with E-state index in [1.54, 1.807) is 24.3 Å². The monoisotopic (exact) mass is 297 g/mol. The second kappa shape index (κ2) is 5.20. The van der Waals surface area contributed by atoms with E-state index in [2.05, 4.69) is 0 Å². The minimum Gasteiger partial charge on any atom is -0.295 e. The molecule has 0 saturated carbocycles. The van der Waals surface area contributed by atoms with E-state index in [1.807, 2.05) is 13.8 Å². The summed E-state index contributed by atoms with van der Waals surface area (Å²) in [4.78, 5) is 37.9. The number of allylic oxidation sites excluding steroid dienone is 2. The average Bonchev–Trinajstić information content (AvgIpc) is 2.72. The van der Waals surface area contributed by atoms with Gasteiger partial charge < -0.3 is 0 Å². The molecule has 1 heterocycles. The summed E-state index contributed by atoms with van der Waals surface area (Å²) in [5, 5.41) is 0. The molecule has 2 aliphatic rings. The number of carbonyl (C=O) groups excluding carboxylic acids is 3. The van der Waals surface area contributed by atoms with E-state index in [-0.39, 0.29) is 29.4 Å². The molecule has 1 fully saturated rings. The quantitative estimate of drug-likeness (QED) is 0.479. The van der Waals surface area contributed by atoms with Crippen LogP contribution in [0.4, 0.5) is 5.69 Å². The first-order valence-electron chi connectivity index (χ1n) is 7.54. The van der Waals surface area contributed by atoms with Crippen LogP contribution in [0.15, 0.2) is 35.4 Å². The molecule has 22 heavy (non-hydrogen) atoms. The lowest BCUT2D eigenvalue weighted by molar-refractivity contribution is -0.122. The molecule has 1 aromatic rings. The smallest absolute Gasteiger partial charge is 0.238 e. The summed E-state index contributed by atoms with van der Waals surface area (Å²) in [6.07, 6.45) is 1.34. The standard InChI is InChI=1S/C18H19NO3/c1-10-8-15-16(9-11(10)2)18(22)19(17(15)21)14-6-4-13(5-7-14)12(3)20/h4-7,15-16H,8-9H2,1-3H3/t15-,16+. The molecular formula is C18H19NO3. The number of carbonyl (C=O) groups is 3. The largest absolute Gasteiger partial charge is 0.295 e. The summed E-state index contributed by atoms with van der Waals surface area (Å²) < 4.78 is 0. The first-order chi connectivity index (χ1) is 10.4. The van der Waals surface area contributed by atoms with Crippen molar-refractivity contribution in [3.63, 3.8) is 0 Å². The number of anilines is 1. The number of amides is 2. The first-order valence-corrected chi connectivity index (χ1v) is 7.54. The van der Waals surface area contributed by atoms with Gasteiger partial charge in [0.05, 0.1) is 17.5 Å². The molecule has 0 N–H and O–H groups in total. The maximum absolute atomic E-state index is 12.6. The number of fused-ring (bicyclic) bond motifs is 1. The Balaban J connectivity index is 1.92. The summed E-state index contributed by atoms with van der Waals surface area (Å²) in [5.41, 5.74) is 3.57. The van der Waals surface area contributed by atoms with Gasteiger partial charge in [-0.15, -0.1) is 0 Å². The fourth-order valence-corrected chi connectivity index (χ4v) is 3.35. The molecule has 3 rings (SSSR count). The van der Waals surface area contributed by atoms with Crippen LogP contribution in [0, 0.1) is 11.8 Å². The van der Waals surface area contributed by atoms with Gasteiger partial charge >= 0.3 is 0 Å². The fraction of sp³-hybridized carbons (Fsp3) is 0.389. The van der Waals surface area contributed by atoms with Crippen LogP contribution in [0.25, 0.3) is 0 Å². The predicted octanol–water partition coefficient (Wildman–Crippen LogP) is 3.13. The van der Waals surface area contributed by atoms with Gasteiger partial charge in [0, 0.05) is 5.56 Å². The third-order valence-electron chi connectivity index (χ3n) is 4.87. The lowest BCUT2D eigenvalue weighted by Crippen LogP contribution is -2.30. The molecule has 1 saturated heterocycles. The Morgan fingerprint density at radius 3 is 1.82 bits per heavy atom. The van der Waals surface area contributed by atoms with Crippen LogP contribution in [0.3, 0.4) is 0 Å². The van der Waals surface area contributed by atoms with Crippen molar-refractivity contribution in [3.8, 4) is 0 Å². The Bertz CT molecular complexity index is 668. The molecule has 114 valence electrons. The first kappa shape index (κ1) is 14.7. The van der Waals surface area contributed by atoms with E-state index in [9.17, 15) is 14.4 Å². The molecule has 4 heteroatoms. The van der Waals surface area contributed by atoms with Gasteiger partial charge in [-0.05, 0) is 57.9 Å². The van der Waals surface area contributed by atoms with Crippen molar-refractivity contribution >= 4 is 23.3 Å². The van der Waals surface area contributed by atoms with Crippen molar-refractivity contribution in [3.05, 3.63) is 41.0 Å². The van der Waals surface area contributed by atoms with Gasteiger partial charge in [0.25, 0.3) is 0 Å². The third-order valence-corrected chi connectivity index (χ3v) is 4.87. The summed E-state index contributed by atoms with van der Waals surface area (Å²) in [6, 6.07) is 6.68. The van der Waals surface area contributed by atoms with Gasteiger partial charge in [0.2, 0.25) is 11.8 Å². The predicted molar refractivity (Wildman–Crippen MR) is 83.5 cm³/mol. The molecule has 0 aromatic heterocycles. The Morgan fingerprint density at radius 2 is 1.41 bits per heavy atom. The number of benzene rings is 1. The highest BCUT2D eigenvalue weighted by molar-refractivity contribution is 6.22. The molecule has 2 amide bonds. The number of hydrogen-bond donors (Lipinski definition) is 0. The van der Waals surface area contributed by atoms with E-state index in [0.29, 0.717) is 24.1 Å². The van der Waals surface area contributed by atoms with Crippen molar-refractivity contribution in [1.82, 2.24) is 0 Å². The van der Waals surface area contributed by atoms with Crippen molar-refractivity contribution in [2.75, 3.05) is 4.90 Å². The molecular weight excluding hydrogens is 278 g/mol. The fourth-order valence-electron chi connectivity index (χ4n) is 3.35. The highest BCUT2D eigenvalue weighted by Crippen LogP contribution is 2.42. The SMILES string of the molecule is CC(=O)c1ccc(N2C(=O)[C@H]3CC(C)=C(C)C[C@H]3C2=O)cc1. The second-order valence-electron chi connectivity index (χ2n) is 6.30. The Kier molecular flexibility index (Phi) is 3.47. The minimum atomic E-state index is -0.233. The normalized spacial score (nSPS) is 24.8. The molecule has 1 aliphatic carbocycles. The molecule has 1 aliphatic heterocycles. The van der Waals surface area contributed by atoms with Crippen molar-refractivity contribution in [2.45, 2.75) is 33.6 Å². The van der Waals surface area contributed by atoms with E-state index < -0.39 is 0 Å². The zero-order chi connectivity index (χ0) is 16.0. The molecule has 4 nitrogen and oxygen atoms in total. The number of nitrogens with zero attached hydrogens (tertiary/aromatic N) is 1. The number of ketones is 1. The Labute approximate surface area is 129 Å². The molecule has 2 atom stereocenters. The second-order valence-corrected chi connectivity index (χ2v) is 6.30. The van der Waals surface area contributed by atoms with E-state index >= 15 is 0 Å². The number of rotatable bonds is 2. The van der Waals surface area contributed by atoms with Crippen LogP contribution >= 0.6 is 0 Å². The molecule has 0 spiro atoms. The van der Waals surface area contributed by atoms with Gasteiger partial charge in [-0.25, -0.2) is 0 Å². The Morgan fingerprint density at radius 1 is 0.955 bits per heavy atom. The third kappa shape index (κ3) is 2.19. The Hall–Kier alpha value is -2.23. The lowest BCUT2D eigenvalue weighted by Gasteiger charge is -2.23. The summed E-state index contributed by atoms with van der Waals surface area (Å²) >= 11 is 0. The van der Waals surface area contributed by atoms with E-state index in [0.717, 1.165) is 0 Å². The molecule has 0 unspecified atom stereocenters. The number of Topliss-reactive ketones (excluding diaryl/α,β-unsaturated/α-hetero) is 1. The van der Waals surface area contributed by atoms with Crippen molar-refractivity contribution in [2.24, 2.45) is 11.8 Å². The highest BCUT2D eigenvalue weighted by atomic mass is 16.2.